The van der Waals surface area contributed by atoms with Gasteiger partial charge in [0.2, 0.25) is 0 Å². The second-order valence-electron chi connectivity index (χ2n) is 8.83. The third-order valence-corrected chi connectivity index (χ3v) is 6.78. The Kier molecular flexibility index (Phi) is 9.62. The summed E-state index contributed by atoms with van der Waals surface area (Å²) in [7, 11) is 0. The fourth-order valence-electron chi connectivity index (χ4n) is 4.34. The molecule has 0 aliphatic carbocycles. The van der Waals surface area contributed by atoms with Crippen LogP contribution >= 0.6 is 48.0 Å². The summed E-state index contributed by atoms with van der Waals surface area (Å²) in [6.07, 6.45) is 5.34. The summed E-state index contributed by atoms with van der Waals surface area (Å²) in [6, 6.07) is 10.8. The SMILES string of the molecule is CC(=O)c1cnc2ccc(-c3cc(Cl)c(O)c(Cl)c3)nc2c1Nc1ccc(N2CCC[C@@H](N)C2)nc1.Cl.Cl. The van der Waals surface area contributed by atoms with Crippen molar-refractivity contribution in [3.8, 4) is 17.0 Å². The number of hydrogen-bond acceptors (Lipinski definition) is 8. The first kappa shape index (κ1) is 29.7. The number of carbonyl (C=O) groups excluding carboxylic acids is 1. The van der Waals surface area contributed by atoms with E-state index < -0.39 is 0 Å². The van der Waals surface area contributed by atoms with Crippen molar-refractivity contribution < 1.29 is 9.90 Å². The van der Waals surface area contributed by atoms with E-state index in [2.05, 4.69) is 20.2 Å². The second kappa shape index (κ2) is 12.3. The zero-order valence-corrected chi connectivity index (χ0v) is 23.5. The van der Waals surface area contributed by atoms with E-state index in [1.165, 1.54) is 6.92 Å². The topological polar surface area (TPSA) is 117 Å². The number of benzene rings is 1. The fourth-order valence-corrected chi connectivity index (χ4v) is 4.83. The molecule has 1 aliphatic heterocycles. The molecule has 8 nitrogen and oxygen atoms in total. The van der Waals surface area contributed by atoms with Crippen molar-refractivity contribution in [1.29, 1.82) is 0 Å². The molecule has 4 heterocycles. The smallest absolute Gasteiger partial charge is 0.163 e. The average molecular weight is 596 g/mol. The lowest BCUT2D eigenvalue weighted by molar-refractivity contribution is 0.101. The molecule has 1 aromatic carbocycles. The van der Waals surface area contributed by atoms with Crippen LogP contribution in [0.2, 0.25) is 10.0 Å². The molecule has 0 bridgehead atoms. The highest BCUT2D eigenvalue weighted by molar-refractivity contribution is 6.37. The van der Waals surface area contributed by atoms with Crippen LogP contribution in [-0.2, 0) is 0 Å². The van der Waals surface area contributed by atoms with Gasteiger partial charge in [-0.1, -0.05) is 23.2 Å². The molecule has 5 rings (SSSR count). The molecule has 1 saturated heterocycles. The second-order valence-corrected chi connectivity index (χ2v) is 9.65. The molecule has 0 spiro atoms. The number of ketones is 1. The number of phenolic OH excluding ortho intramolecular Hbond substituents is 1. The molecule has 1 aliphatic rings. The molecule has 1 fully saturated rings. The average Bonchev–Trinajstić information content (AvgIpc) is 2.87. The highest BCUT2D eigenvalue weighted by Gasteiger charge is 2.19. The van der Waals surface area contributed by atoms with Gasteiger partial charge >= 0.3 is 0 Å². The van der Waals surface area contributed by atoms with Crippen molar-refractivity contribution in [3.63, 3.8) is 0 Å². The number of hydrogen-bond donors (Lipinski definition) is 3. The number of piperidine rings is 1. The van der Waals surface area contributed by atoms with Gasteiger partial charge in [0.15, 0.2) is 11.5 Å². The molecule has 200 valence electrons. The largest absolute Gasteiger partial charge is 0.505 e. The molecular weight excluding hydrogens is 570 g/mol. The predicted molar refractivity (Wildman–Crippen MR) is 158 cm³/mol. The first-order valence-corrected chi connectivity index (χ1v) is 12.3. The molecule has 12 heteroatoms. The number of nitrogens with one attached hydrogen (secondary N) is 1. The van der Waals surface area contributed by atoms with Crippen LogP contribution in [0, 0.1) is 0 Å². The van der Waals surface area contributed by atoms with Crippen molar-refractivity contribution in [2.75, 3.05) is 23.3 Å². The minimum absolute atomic E-state index is 0. The maximum absolute atomic E-state index is 12.5. The van der Waals surface area contributed by atoms with Gasteiger partial charge in [-0.2, -0.15) is 0 Å². The molecule has 4 aromatic rings. The van der Waals surface area contributed by atoms with E-state index in [9.17, 15) is 9.90 Å². The van der Waals surface area contributed by atoms with E-state index in [1.807, 2.05) is 18.2 Å². The molecule has 0 unspecified atom stereocenters. The lowest BCUT2D eigenvalue weighted by Gasteiger charge is -2.31. The number of aromatic nitrogens is 3. The Bertz CT molecular complexity index is 1450. The van der Waals surface area contributed by atoms with Gasteiger partial charge in [-0.3, -0.25) is 9.78 Å². The maximum Gasteiger partial charge on any atom is 0.163 e. The van der Waals surface area contributed by atoms with Crippen LogP contribution in [0.1, 0.15) is 30.1 Å². The predicted octanol–water partition coefficient (Wildman–Crippen LogP) is 6.42. The standard InChI is InChI=1S/C26H24Cl2N6O2.2ClH/c1-14(35)18-12-30-22-6-5-21(15-9-19(27)26(36)20(28)10-15)33-25(22)24(18)32-17-4-7-23(31-11-17)34-8-2-3-16(29)13-34;;/h4-7,9-12,16,36H,2-3,8,13,29H2,1H3,(H,30,32);2*1H/t16-;;/m1../s1. The lowest BCUT2D eigenvalue weighted by Crippen LogP contribution is -2.43. The van der Waals surface area contributed by atoms with Crippen molar-refractivity contribution in [1.82, 2.24) is 15.0 Å². The summed E-state index contributed by atoms with van der Waals surface area (Å²) in [6.45, 7) is 3.19. The van der Waals surface area contributed by atoms with E-state index >= 15 is 0 Å². The monoisotopic (exact) mass is 594 g/mol. The van der Waals surface area contributed by atoms with Crippen LogP contribution < -0.4 is 16.0 Å². The van der Waals surface area contributed by atoms with Crippen LogP contribution in [0.25, 0.3) is 22.3 Å². The zero-order chi connectivity index (χ0) is 25.4. The van der Waals surface area contributed by atoms with Crippen LogP contribution in [0.5, 0.6) is 5.75 Å². The minimum Gasteiger partial charge on any atom is -0.505 e. The number of pyridine rings is 3. The van der Waals surface area contributed by atoms with Crippen LogP contribution in [0.15, 0.2) is 48.8 Å². The number of carbonyl (C=O) groups is 1. The van der Waals surface area contributed by atoms with Crippen LogP contribution in [0.3, 0.4) is 0 Å². The summed E-state index contributed by atoms with van der Waals surface area (Å²) in [5.74, 6) is 0.526. The van der Waals surface area contributed by atoms with E-state index in [-0.39, 0.29) is 52.4 Å². The lowest BCUT2D eigenvalue weighted by atomic mass is 10.1. The molecule has 0 radical (unpaired) electrons. The van der Waals surface area contributed by atoms with Gasteiger partial charge in [-0.25, -0.2) is 9.97 Å². The van der Waals surface area contributed by atoms with Gasteiger partial charge < -0.3 is 21.1 Å². The van der Waals surface area contributed by atoms with E-state index in [0.717, 1.165) is 31.7 Å². The summed E-state index contributed by atoms with van der Waals surface area (Å²) in [4.78, 5) is 28.5. The number of nitrogens with two attached hydrogens (primary N) is 1. The van der Waals surface area contributed by atoms with E-state index in [0.29, 0.717) is 39.2 Å². The maximum atomic E-state index is 12.5. The van der Waals surface area contributed by atoms with Gasteiger partial charge in [0.25, 0.3) is 0 Å². The van der Waals surface area contributed by atoms with E-state index in [1.54, 1.807) is 30.6 Å². The normalized spacial score (nSPS) is 14.9. The number of nitrogens with zero attached hydrogens (tertiary/aromatic N) is 4. The number of phenols is 1. The first-order valence-electron chi connectivity index (χ1n) is 11.5. The summed E-state index contributed by atoms with van der Waals surface area (Å²) in [5.41, 5.74) is 10.0. The Balaban J connectivity index is 0.00000200. The number of fused-ring (bicyclic) bond motifs is 1. The van der Waals surface area contributed by atoms with Crippen LogP contribution in [-0.4, -0.2) is 45.0 Å². The molecular formula is C26H26Cl4N6O2. The summed E-state index contributed by atoms with van der Waals surface area (Å²) in [5, 5.41) is 13.5. The van der Waals surface area contributed by atoms with Crippen molar-refractivity contribution in [2.24, 2.45) is 5.73 Å². The number of Topliss-reactive ketones (excluding diaryl/α,β-unsaturated/α-hetero) is 1. The van der Waals surface area contributed by atoms with Gasteiger partial charge in [0.1, 0.15) is 11.3 Å². The third kappa shape index (κ3) is 6.06. The van der Waals surface area contributed by atoms with Crippen molar-refractivity contribution in [2.45, 2.75) is 25.8 Å². The third-order valence-electron chi connectivity index (χ3n) is 6.20. The molecule has 4 N–H and O–H groups in total. The number of aromatic hydroxyl groups is 1. The highest BCUT2D eigenvalue weighted by atomic mass is 35.5. The van der Waals surface area contributed by atoms with Gasteiger partial charge in [-0.05, 0) is 56.2 Å². The van der Waals surface area contributed by atoms with Crippen molar-refractivity contribution >= 4 is 82.0 Å². The zero-order valence-electron chi connectivity index (χ0n) is 20.3. The van der Waals surface area contributed by atoms with Crippen molar-refractivity contribution in [3.05, 3.63) is 64.4 Å². The Morgan fingerprint density at radius 2 is 1.84 bits per heavy atom. The van der Waals surface area contributed by atoms with Gasteiger partial charge in [0, 0.05) is 30.9 Å². The molecule has 3 aromatic heterocycles. The van der Waals surface area contributed by atoms with E-state index in [4.69, 9.17) is 33.9 Å². The molecule has 0 saturated carbocycles. The fraction of sp³-hybridized carbons (Fsp3) is 0.231. The Morgan fingerprint density at radius 1 is 1.11 bits per heavy atom. The van der Waals surface area contributed by atoms with Gasteiger partial charge in [-0.15, -0.1) is 24.8 Å². The molecule has 0 amide bonds. The summed E-state index contributed by atoms with van der Waals surface area (Å²) < 4.78 is 0. The molecule has 1 atom stereocenters. The number of anilines is 3. The van der Waals surface area contributed by atoms with Gasteiger partial charge in [0.05, 0.1) is 44.4 Å². The summed E-state index contributed by atoms with van der Waals surface area (Å²) >= 11 is 12.2. The number of halogens is 4. The highest BCUT2D eigenvalue weighted by Crippen LogP contribution is 2.37. The number of rotatable bonds is 5. The minimum atomic E-state index is -0.187. The Hall–Kier alpha value is -2.88. The Labute approximate surface area is 242 Å². The Morgan fingerprint density at radius 3 is 2.47 bits per heavy atom. The first-order chi connectivity index (χ1) is 17.3. The molecule has 38 heavy (non-hydrogen) atoms. The van der Waals surface area contributed by atoms with Crippen LogP contribution in [0.4, 0.5) is 17.2 Å². The quantitative estimate of drug-likeness (QED) is 0.226.